The van der Waals surface area contributed by atoms with Crippen LogP contribution >= 0.6 is 0 Å². The highest BCUT2D eigenvalue weighted by Crippen LogP contribution is 2.18. The summed E-state index contributed by atoms with van der Waals surface area (Å²) in [6.45, 7) is 1.68. The van der Waals surface area contributed by atoms with Crippen LogP contribution in [0.4, 0.5) is 0 Å². The second kappa shape index (κ2) is 3.61. The first-order valence-electron chi connectivity index (χ1n) is 4.25. The van der Waals surface area contributed by atoms with Gasteiger partial charge in [-0.3, -0.25) is 14.4 Å². The first-order valence-corrected chi connectivity index (χ1v) is 4.25. The molecule has 0 unspecified atom stereocenters. The summed E-state index contributed by atoms with van der Waals surface area (Å²) in [5.74, 6) is -1.50. The fourth-order valence-electron chi connectivity index (χ4n) is 1.47. The molecule has 0 bridgehead atoms. The molecule has 1 aliphatic carbocycles. The molecule has 3 nitrogen and oxygen atoms in total. The maximum Gasteiger partial charge on any atom is 0.150 e. The Morgan fingerprint density at radius 3 is 2.25 bits per heavy atom. The van der Waals surface area contributed by atoms with Gasteiger partial charge in [0.05, 0.1) is 0 Å². The fourth-order valence-corrected chi connectivity index (χ4v) is 1.47. The zero-order valence-corrected chi connectivity index (χ0v) is 7.13. The van der Waals surface area contributed by atoms with E-state index < -0.39 is 5.92 Å². The molecule has 3 heteroatoms. The summed E-state index contributed by atoms with van der Waals surface area (Å²) in [6, 6.07) is 0. The molecule has 0 aliphatic heterocycles. The maximum atomic E-state index is 11.2. The molecule has 0 spiro atoms. The average molecular weight is 168 g/mol. The number of ketones is 3. The molecule has 0 atom stereocenters. The summed E-state index contributed by atoms with van der Waals surface area (Å²) in [5.41, 5.74) is 0. The van der Waals surface area contributed by atoms with Crippen molar-refractivity contribution in [1.82, 2.24) is 0 Å². The van der Waals surface area contributed by atoms with E-state index in [1.54, 1.807) is 6.92 Å². The molecule has 1 aliphatic rings. The Kier molecular flexibility index (Phi) is 2.74. The van der Waals surface area contributed by atoms with Gasteiger partial charge in [0.25, 0.3) is 0 Å². The number of hydrogen-bond donors (Lipinski definition) is 0. The smallest absolute Gasteiger partial charge is 0.150 e. The topological polar surface area (TPSA) is 51.2 Å². The van der Waals surface area contributed by atoms with Gasteiger partial charge in [-0.25, -0.2) is 0 Å². The van der Waals surface area contributed by atoms with Crippen molar-refractivity contribution in [2.75, 3.05) is 0 Å². The number of carbonyl (C=O) groups is 3. The minimum atomic E-state index is -0.913. The van der Waals surface area contributed by atoms with Gasteiger partial charge < -0.3 is 0 Å². The second-order valence-electron chi connectivity index (χ2n) is 3.04. The van der Waals surface area contributed by atoms with Gasteiger partial charge in [0.2, 0.25) is 0 Å². The third-order valence-corrected chi connectivity index (χ3v) is 2.16. The SMILES string of the molecule is CCC(=O)C1C(=O)CCCC1=O. The van der Waals surface area contributed by atoms with Crippen LogP contribution in [0.5, 0.6) is 0 Å². The van der Waals surface area contributed by atoms with Crippen LogP contribution in [0.2, 0.25) is 0 Å². The van der Waals surface area contributed by atoms with Crippen LogP contribution in [0, 0.1) is 5.92 Å². The molecule has 0 N–H and O–H groups in total. The van der Waals surface area contributed by atoms with Crippen LogP contribution in [0.3, 0.4) is 0 Å². The predicted molar refractivity (Wildman–Crippen MR) is 42.7 cm³/mol. The van der Waals surface area contributed by atoms with Crippen LogP contribution in [0.15, 0.2) is 0 Å². The van der Waals surface area contributed by atoms with E-state index in [4.69, 9.17) is 0 Å². The third kappa shape index (κ3) is 1.60. The minimum absolute atomic E-state index is 0.182. The molecule has 0 aromatic heterocycles. The van der Waals surface area contributed by atoms with Crippen LogP contribution < -0.4 is 0 Å². The molecule has 0 heterocycles. The molecular formula is C9H12O3. The highest BCUT2D eigenvalue weighted by atomic mass is 16.2. The van der Waals surface area contributed by atoms with Crippen molar-refractivity contribution in [2.24, 2.45) is 5.92 Å². The van der Waals surface area contributed by atoms with E-state index >= 15 is 0 Å². The van der Waals surface area contributed by atoms with Gasteiger partial charge in [-0.05, 0) is 6.42 Å². The maximum absolute atomic E-state index is 11.2. The van der Waals surface area contributed by atoms with Crippen molar-refractivity contribution in [3.05, 3.63) is 0 Å². The Morgan fingerprint density at radius 1 is 1.33 bits per heavy atom. The molecule has 0 amide bonds. The van der Waals surface area contributed by atoms with E-state index in [-0.39, 0.29) is 23.8 Å². The summed E-state index contributed by atoms with van der Waals surface area (Å²) in [6.07, 6.45) is 1.68. The molecule has 1 fully saturated rings. The Balaban J connectivity index is 2.76. The van der Waals surface area contributed by atoms with Gasteiger partial charge in [-0.1, -0.05) is 6.92 Å². The molecule has 1 rings (SSSR count). The Labute approximate surface area is 71.1 Å². The Hall–Kier alpha value is -0.990. The van der Waals surface area contributed by atoms with Crippen molar-refractivity contribution in [1.29, 1.82) is 0 Å². The third-order valence-electron chi connectivity index (χ3n) is 2.16. The van der Waals surface area contributed by atoms with Gasteiger partial charge in [0.1, 0.15) is 5.92 Å². The normalized spacial score (nSPS) is 19.8. The molecule has 0 saturated heterocycles. The van der Waals surface area contributed by atoms with Gasteiger partial charge in [-0.2, -0.15) is 0 Å². The van der Waals surface area contributed by atoms with Gasteiger partial charge in [0, 0.05) is 19.3 Å². The van der Waals surface area contributed by atoms with Crippen LogP contribution in [0.25, 0.3) is 0 Å². The standard InChI is InChI=1S/C9H12O3/c1-2-6(10)9-7(11)4-3-5-8(9)12/h9H,2-5H2,1H3. The molecule has 0 aromatic carbocycles. The summed E-state index contributed by atoms with van der Waals surface area (Å²) in [7, 11) is 0. The van der Waals surface area contributed by atoms with E-state index in [1.165, 1.54) is 0 Å². The van der Waals surface area contributed by atoms with Crippen molar-refractivity contribution in [3.8, 4) is 0 Å². The molecule has 1 saturated carbocycles. The lowest BCUT2D eigenvalue weighted by Crippen LogP contribution is -2.34. The monoisotopic (exact) mass is 168 g/mol. The summed E-state index contributed by atoms with van der Waals surface area (Å²) in [5, 5.41) is 0. The number of Topliss-reactive ketones (excluding diaryl/α,β-unsaturated/α-hetero) is 3. The molecular weight excluding hydrogens is 156 g/mol. The van der Waals surface area contributed by atoms with Gasteiger partial charge >= 0.3 is 0 Å². The molecule has 0 radical (unpaired) electrons. The summed E-state index contributed by atoms with van der Waals surface area (Å²) in [4.78, 5) is 33.5. The largest absolute Gasteiger partial charge is 0.298 e. The number of hydrogen-bond acceptors (Lipinski definition) is 3. The van der Waals surface area contributed by atoms with Crippen molar-refractivity contribution < 1.29 is 14.4 Å². The van der Waals surface area contributed by atoms with Crippen LogP contribution in [-0.2, 0) is 14.4 Å². The van der Waals surface area contributed by atoms with Gasteiger partial charge in [-0.15, -0.1) is 0 Å². The number of rotatable bonds is 2. The van der Waals surface area contributed by atoms with Crippen LogP contribution in [0.1, 0.15) is 32.6 Å². The zero-order valence-electron chi connectivity index (χ0n) is 7.13. The van der Waals surface area contributed by atoms with Crippen molar-refractivity contribution >= 4 is 17.3 Å². The fraction of sp³-hybridized carbons (Fsp3) is 0.667. The lowest BCUT2D eigenvalue weighted by molar-refractivity contribution is -0.141. The minimum Gasteiger partial charge on any atom is -0.298 e. The molecule has 0 aromatic rings. The number of carbonyl (C=O) groups excluding carboxylic acids is 3. The van der Waals surface area contributed by atoms with E-state index in [0.29, 0.717) is 19.3 Å². The van der Waals surface area contributed by atoms with Crippen molar-refractivity contribution in [2.45, 2.75) is 32.6 Å². The zero-order chi connectivity index (χ0) is 9.14. The van der Waals surface area contributed by atoms with Crippen LogP contribution in [-0.4, -0.2) is 17.3 Å². The predicted octanol–water partition coefficient (Wildman–Crippen LogP) is 0.904. The lowest BCUT2D eigenvalue weighted by atomic mass is 9.83. The summed E-state index contributed by atoms with van der Waals surface area (Å²) < 4.78 is 0. The van der Waals surface area contributed by atoms with E-state index in [2.05, 4.69) is 0 Å². The lowest BCUT2D eigenvalue weighted by Gasteiger charge is -2.16. The quantitative estimate of drug-likeness (QED) is 0.576. The van der Waals surface area contributed by atoms with Gasteiger partial charge in [0.15, 0.2) is 17.3 Å². The van der Waals surface area contributed by atoms with Crippen molar-refractivity contribution in [3.63, 3.8) is 0 Å². The highest BCUT2D eigenvalue weighted by Gasteiger charge is 2.34. The average Bonchev–Trinajstić information content (AvgIpc) is 2.03. The van der Waals surface area contributed by atoms with E-state index in [1.807, 2.05) is 0 Å². The van der Waals surface area contributed by atoms with E-state index in [9.17, 15) is 14.4 Å². The first kappa shape index (κ1) is 9.10. The Morgan fingerprint density at radius 2 is 1.83 bits per heavy atom. The summed E-state index contributed by atoms with van der Waals surface area (Å²) >= 11 is 0. The second-order valence-corrected chi connectivity index (χ2v) is 3.04. The molecule has 12 heavy (non-hydrogen) atoms. The Bertz CT molecular complexity index is 203. The highest BCUT2D eigenvalue weighted by molar-refractivity contribution is 6.20. The molecule has 66 valence electrons. The van der Waals surface area contributed by atoms with E-state index in [0.717, 1.165) is 0 Å². The first-order chi connectivity index (χ1) is 5.66.